The first-order valence-corrected chi connectivity index (χ1v) is 9.43. The summed E-state index contributed by atoms with van der Waals surface area (Å²) in [5, 5.41) is 5.41. The van der Waals surface area contributed by atoms with E-state index >= 15 is 0 Å². The van der Waals surface area contributed by atoms with Crippen LogP contribution < -0.4 is 5.32 Å². The Bertz CT molecular complexity index is 705. The van der Waals surface area contributed by atoms with Gasteiger partial charge in [0.05, 0.1) is 12.8 Å². The SMILES string of the molecule is CN1CCN(CC(=O)Nc2nc(-c3ccco3)cs2)CC1C(C)(C)C. The molecule has 2 aromatic rings. The highest BCUT2D eigenvalue weighted by molar-refractivity contribution is 7.14. The van der Waals surface area contributed by atoms with Crippen molar-refractivity contribution in [2.24, 2.45) is 5.41 Å². The van der Waals surface area contributed by atoms with E-state index < -0.39 is 0 Å². The molecule has 1 aliphatic rings. The molecule has 1 atom stereocenters. The lowest BCUT2D eigenvalue weighted by atomic mass is 9.84. The molecule has 0 aromatic carbocycles. The van der Waals surface area contributed by atoms with E-state index in [1.165, 1.54) is 11.3 Å². The standard InChI is InChI=1S/C18H26N4O2S/c1-18(2,3)15-10-22(8-7-21(15)4)11-16(23)20-17-19-13(12-25-17)14-6-5-9-24-14/h5-6,9,12,15H,7-8,10-11H2,1-4H3,(H,19,20,23). The number of furan rings is 1. The van der Waals surface area contributed by atoms with Crippen LogP contribution in [0.3, 0.4) is 0 Å². The Morgan fingerprint density at radius 1 is 1.44 bits per heavy atom. The number of likely N-dealkylation sites (N-methyl/N-ethyl adjacent to an activating group) is 1. The van der Waals surface area contributed by atoms with Crippen LogP contribution in [0.1, 0.15) is 20.8 Å². The van der Waals surface area contributed by atoms with Crippen molar-refractivity contribution >= 4 is 22.4 Å². The Labute approximate surface area is 152 Å². The second kappa shape index (κ2) is 7.27. The number of rotatable bonds is 4. The largest absolute Gasteiger partial charge is 0.463 e. The van der Waals surface area contributed by atoms with Gasteiger partial charge in [0.2, 0.25) is 5.91 Å². The number of carbonyl (C=O) groups excluding carboxylic acids is 1. The van der Waals surface area contributed by atoms with Crippen molar-refractivity contribution in [1.82, 2.24) is 14.8 Å². The van der Waals surface area contributed by atoms with Gasteiger partial charge < -0.3 is 14.6 Å². The molecule has 1 amide bonds. The van der Waals surface area contributed by atoms with Crippen LogP contribution in [-0.4, -0.2) is 60.0 Å². The molecule has 0 saturated carbocycles. The summed E-state index contributed by atoms with van der Waals surface area (Å²) >= 11 is 1.41. The zero-order chi connectivity index (χ0) is 18.0. The van der Waals surface area contributed by atoms with Crippen LogP contribution in [0.15, 0.2) is 28.2 Å². The van der Waals surface area contributed by atoms with Crippen LogP contribution in [0.5, 0.6) is 0 Å². The molecule has 0 bridgehead atoms. The van der Waals surface area contributed by atoms with Crippen molar-refractivity contribution in [1.29, 1.82) is 0 Å². The van der Waals surface area contributed by atoms with Gasteiger partial charge in [0.25, 0.3) is 0 Å². The Balaban J connectivity index is 1.56. The fraction of sp³-hybridized carbons (Fsp3) is 0.556. The summed E-state index contributed by atoms with van der Waals surface area (Å²) in [7, 11) is 2.17. The average molecular weight is 362 g/mol. The lowest BCUT2D eigenvalue weighted by Gasteiger charge is -2.45. The Morgan fingerprint density at radius 3 is 2.92 bits per heavy atom. The van der Waals surface area contributed by atoms with Crippen molar-refractivity contribution in [2.75, 3.05) is 38.5 Å². The molecule has 0 aliphatic carbocycles. The first kappa shape index (κ1) is 18.1. The molecular weight excluding hydrogens is 336 g/mol. The summed E-state index contributed by atoms with van der Waals surface area (Å²) in [5.74, 6) is 0.696. The number of nitrogens with one attached hydrogen (secondary N) is 1. The summed E-state index contributed by atoms with van der Waals surface area (Å²) in [6.45, 7) is 9.95. The van der Waals surface area contributed by atoms with Crippen LogP contribution in [0.4, 0.5) is 5.13 Å². The van der Waals surface area contributed by atoms with E-state index in [1.807, 2.05) is 17.5 Å². The monoisotopic (exact) mass is 362 g/mol. The number of aromatic nitrogens is 1. The first-order chi connectivity index (χ1) is 11.8. The zero-order valence-corrected chi connectivity index (χ0v) is 16.1. The Kier molecular flexibility index (Phi) is 5.27. The normalized spacial score (nSPS) is 19.9. The van der Waals surface area contributed by atoms with Gasteiger partial charge in [-0.15, -0.1) is 11.3 Å². The predicted octanol–water partition coefficient (Wildman–Crippen LogP) is 3.00. The number of amides is 1. The molecule has 1 saturated heterocycles. The van der Waals surface area contributed by atoms with E-state index in [9.17, 15) is 4.79 Å². The molecule has 1 unspecified atom stereocenters. The summed E-state index contributed by atoms with van der Waals surface area (Å²) in [6.07, 6.45) is 1.62. The highest BCUT2D eigenvalue weighted by Crippen LogP contribution is 2.27. The number of thiazole rings is 1. The lowest BCUT2D eigenvalue weighted by molar-refractivity contribution is -0.118. The smallest absolute Gasteiger partial charge is 0.240 e. The maximum absolute atomic E-state index is 12.4. The fourth-order valence-corrected chi connectivity index (χ4v) is 3.96. The van der Waals surface area contributed by atoms with Gasteiger partial charge in [-0.1, -0.05) is 20.8 Å². The summed E-state index contributed by atoms with van der Waals surface area (Å²) in [6, 6.07) is 4.13. The zero-order valence-electron chi connectivity index (χ0n) is 15.3. The summed E-state index contributed by atoms with van der Waals surface area (Å²) < 4.78 is 5.33. The topological polar surface area (TPSA) is 61.6 Å². The predicted molar refractivity (Wildman–Crippen MR) is 101 cm³/mol. The fourth-order valence-electron chi connectivity index (χ4n) is 3.24. The van der Waals surface area contributed by atoms with Gasteiger partial charge in [-0.3, -0.25) is 9.69 Å². The molecule has 1 N–H and O–H groups in total. The van der Waals surface area contributed by atoms with Crippen LogP contribution in [-0.2, 0) is 4.79 Å². The van der Waals surface area contributed by atoms with E-state index in [-0.39, 0.29) is 11.3 Å². The molecule has 3 heterocycles. The van der Waals surface area contributed by atoms with Gasteiger partial charge in [0.15, 0.2) is 10.9 Å². The number of carbonyl (C=O) groups is 1. The quantitative estimate of drug-likeness (QED) is 0.906. The second-order valence-electron chi connectivity index (χ2n) is 7.66. The minimum absolute atomic E-state index is 0.0162. The minimum atomic E-state index is -0.0162. The van der Waals surface area contributed by atoms with Gasteiger partial charge in [0.1, 0.15) is 5.69 Å². The maximum atomic E-state index is 12.4. The average Bonchev–Trinajstić information content (AvgIpc) is 3.19. The second-order valence-corrected chi connectivity index (χ2v) is 8.52. The van der Waals surface area contributed by atoms with Gasteiger partial charge >= 0.3 is 0 Å². The molecule has 2 aromatic heterocycles. The number of piperazine rings is 1. The molecule has 1 aliphatic heterocycles. The number of anilines is 1. The van der Waals surface area contributed by atoms with Crippen molar-refractivity contribution < 1.29 is 9.21 Å². The Morgan fingerprint density at radius 2 is 2.24 bits per heavy atom. The molecule has 0 spiro atoms. The number of hydrogen-bond acceptors (Lipinski definition) is 6. The Hall–Kier alpha value is -1.70. The highest BCUT2D eigenvalue weighted by atomic mass is 32.1. The molecule has 6 nitrogen and oxygen atoms in total. The van der Waals surface area contributed by atoms with E-state index in [2.05, 4.69) is 47.9 Å². The minimum Gasteiger partial charge on any atom is -0.463 e. The van der Waals surface area contributed by atoms with Crippen LogP contribution in [0, 0.1) is 5.41 Å². The molecule has 25 heavy (non-hydrogen) atoms. The third-order valence-corrected chi connectivity index (χ3v) is 5.38. The van der Waals surface area contributed by atoms with Crippen LogP contribution in [0.25, 0.3) is 11.5 Å². The number of hydrogen-bond donors (Lipinski definition) is 1. The van der Waals surface area contributed by atoms with Gasteiger partial charge in [-0.25, -0.2) is 4.98 Å². The third-order valence-electron chi connectivity index (χ3n) is 4.62. The third kappa shape index (κ3) is 4.48. The molecule has 1 fully saturated rings. The van der Waals surface area contributed by atoms with Crippen LogP contribution >= 0.6 is 11.3 Å². The van der Waals surface area contributed by atoms with Gasteiger partial charge in [0, 0.05) is 31.1 Å². The van der Waals surface area contributed by atoms with Crippen molar-refractivity contribution in [3.05, 3.63) is 23.8 Å². The number of nitrogens with zero attached hydrogens (tertiary/aromatic N) is 3. The van der Waals surface area contributed by atoms with E-state index in [4.69, 9.17) is 4.42 Å². The molecule has 136 valence electrons. The van der Waals surface area contributed by atoms with Crippen LogP contribution in [0.2, 0.25) is 0 Å². The molecule has 0 radical (unpaired) electrons. The maximum Gasteiger partial charge on any atom is 0.240 e. The molecule has 3 rings (SSSR count). The van der Waals surface area contributed by atoms with E-state index in [0.717, 1.165) is 25.3 Å². The van der Waals surface area contributed by atoms with Crippen molar-refractivity contribution in [2.45, 2.75) is 26.8 Å². The van der Waals surface area contributed by atoms with Crippen molar-refractivity contribution in [3.8, 4) is 11.5 Å². The molecule has 7 heteroatoms. The van der Waals surface area contributed by atoms with E-state index in [1.54, 1.807) is 6.26 Å². The lowest BCUT2D eigenvalue weighted by Crippen LogP contribution is -2.57. The van der Waals surface area contributed by atoms with Crippen molar-refractivity contribution in [3.63, 3.8) is 0 Å². The van der Waals surface area contributed by atoms with Gasteiger partial charge in [-0.2, -0.15) is 0 Å². The first-order valence-electron chi connectivity index (χ1n) is 8.55. The molecular formula is C18H26N4O2S. The highest BCUT2D eigenvalue weighted by Gasteiger charge is 2.33. The van der Waals surface area contributed by atoms with E-state index in [0.29, 0.717) is 23.5 Å². The summed E-state index contributed by atoms with van der Waals surface area (Å²) in [4.78, 5) is 21.4. The van der Waals surface area contributed by atoms with Gasteiger partial charge in [-0.05, 0) is 24.6 Å². The summed E-state index contributed by atoms with van der Waals surface area (Å²) in [5.41, 5.74) is 0.939.